The first-order chi connectivity index (χ1) is 10.4. The topological polar surface area (TPSA) is 43.4 Å². The Hall–Kier alpha value is -1.90. The van der Waals surface area contributed by atoms with E-state index in [1.54, 1.807) is 0 Å². The Morgan fingerprint density at radius 2 is 1.91 bits per heavy atom. The molecule has 0 saturated heterocycles. The lowest BCUT2D eigenvalue weighted by atomic mass is 9.75. The zero-order valence-electron chi connectivity index (χ0n) is 13.8. The van der Waals surface area contributed by atoms with Crippen LogP contribution in [0.25, 0.3) is 5.57 Å². The SMILES string of the molecule is COC(=O)C/C(=C(/C)C1C(=O)CCC1(C)C)c1ccccc1. The summed E-state index contributed by atoms with van der Waals surface area (Å²) >= 11 is 0. The number of carbonyl (C=O) groups is 2. The fraction of sp³-hybridized carbons (Fsp3) is 0.474. The second-order valence-corrected chi connectivity index (χ2v) is 6.67. The molecular formula is C19H24O3. The van der Waals surface area contributed by atoms with Gasteiger partial charge in [-0.2, -0.15) is 0 Å². The number of methoxy groups -OCH3 is 1. The van der Waals surface area contributed by atoms with Gasteiger partial charge >= 0.3 is 5.97 Å². The number of ketones is 1. The van der Waals surface area contributed by atoms with Crippen molar-refractivity contribution in [1.82, 2.24) is 0 Å². The van der Waals surface area contributed by atoms with Gasteiger partial charge in [-0.15, -0.1) is 0 Å². The summed E-state index contributed by atoms with van der Waals surface area (Å²) in [7, 11) is 1.39. The maximum Gasteiger partial charge on any atom is 0.309 e. The van der Waals surface area contributed by atoms with E-state index in [2.05, 4.69) is 13.8 Å². The van der Waals surface area contributed by atoms with E-state index in [-0.39, 0.29) is 29.5 Å². The fourth-order valence-corrected chi connectivity index (χ4v) is 3.50. The average Bonchev–Trinajstić information content (AvgIpc) is 2.78. The lowest BCUT2D eigenvalue weighted by Gasteiger charge is -2.28. The number of hydrogen-bond acceptors (Lipinski definition) is 3. The first-order valence-corrected chi connectivity index (χ1v) is 7.71. The van der Waals surface area contributed by atoms with Crippen LogP contribution in [0.3, 0.4) is 0 Å². The van der Waals surface area contributed by atoms with Gasteiger partial charge in [0.2, 0.25) is 0 Å². The first kappa shape index (κ1) is 16.5. The van der Waals surface area contributed by atoms with Crippen molar-refractivity contribution in [3.63, 3.8) is 0 Å². The van der Waals surface area contributed by atoms with Crippen LogP contribution >= 0.6 is 0 Å². The first-order valence-electron chi connectivity index (χ1n) is 7.71. The molecule has 0 radical (unpaired) electrons. The summed E-state index contributed by atoms with van der Waals surface area (Å²) in [5, 5.41) is 0. The van der Waals surface area contributed by atoms with E-state index in [9.17, 15) is 9.59 Å². The zero-order valence-corrected chi connectivity index (χ0v) is 13.8. The normalized spacial score (nSPS) is 21.5. The second kappa shape index (κ2) is 6.47. The van der Waals surface area contributed by atoms with Crippen molar-refractivity contribution in [2.24, 2.45) is 11.3 Å². The zero-order chi connectivity index (χ0) is 16.3. The van der Waals surface area contributed by atoms with E-state index in [1.807, 2.05) is 37.3 Å². The van der Waals surface area contributed by atoms with Crippen LogP contribution < -0.4 is 0 Å². The molecule has 3 nitrogen and oxygen atoms in total. The Morgan fingerprint density at radius 1 is 1.27 bits per heavy atom. The maximum absolute atomic E-state index is 12.4. The van der Waals surface area contributed by atoms with E-state index < -0.39 is 0 Å². The number of hydrogen-bond donors (Lipinski definition) is 0. The predicted molar refractivity (Wildman–Crippen MR) is 87.2 cm³/mol. The highest BCUT2D eigenvalue weighted by molar-refractivity contribution is 5.92. The fourth-order valence-electron chi connectivity index (χ4n) is 3.50. The molecule has 0 N–H and O–H groups in total. The molecule has 0 heterocycles. The number of carbonyl (C=O) groups excluding carboxylic acids is 2. The van der Waals surface area contributed by atoms with Gasteiger partial charge in [-0.05, 0) is 29.9 Å². The predicted octanol–water partition coefficient (Wildman–Crippen LogP) is 4.03. The molecule has 1 saturated carbocycles. The van der Waals surface area contributed by atoms with Gasteiger partial charge in [0, 0.05) is 12.3 Å². The van der Waals surface area contributed by atoms with Crippen LogP contribution in [0.1, 0.15) is 45.6 Å². The van der Waals surface area contributed by atoms with Crippen LogP contribution in [-0.4, -0.2) is 18.9 Å². The van der Waals surface area contributed by atoms with Crippen LogP contribution in [0, 0.1) is 11.3 Å². The minimum absolute atomic E-state index is 0.0582. The van der Waals surface area contributed by atoms with Crippen molar-refractivity contribution in [2.45, 2.75) is 40.0 Å². The summed E-state index contributed by atoms with van der Waals surface area (Å²) < 4.78 is 4.84. The maximum atomic E-state index is 12.4. The minimum Gasteiger partial charge on any atom is -0.469 e. The number of benzene rings is 1. The Morgan fingerprint density at radius 3 is 2.41 bits per heavy atom. The molecule has 2 rings (SSSR count). The van der Waals surface area contributed by atoms with Crippen molar-refractivity contribution < 1.29 is 14.3 Å². The summed E-state index contributed by atoms with van der Waals surface area (Å²) in [5.41, 5.74) is 2.85. The Balaban J connectivity index is 2.50. The summed E-state index contributed by atoms with van der Waals surface area (Å²) in [6, 6.07) is 9.80. The van der Waals surface area contributed by atoms with Gasteiger partial charge in [0.05, 0.1) is 13.5 Å². The van der Waals surface area contributed by atoms with Crippen LogP contribution in [0.5, 0.6) is 0 Å². The smallest absolute Gasteiger partial charge is 0.309 e. The number of ether oxygens (including phenoxy) is 1. The molecule has 1 aliphatic rings. The number of allylic oxidation sites excluding steroid dienone is 1. The highest BCUT2D eigenvalue weighted by Gasteiger charge is 2.42. The highest BCUT2D eigenvalue weighted by atomic mass is 16.5. The van der Waals surface area contributed by atoms with Gasteiger partial charge < -0.3 is 4.74 Å². The molecule has 1 aromatic rings. The highest BCUT2D eigenvalue weighted by Crippen LogP contribution is 2.46. The molecule has 1 aliphatic carbocycles. The summed E-state index contributed by atoms with van der Waals surface area (Å²) in [5.74, 6) is -0.116. The monoisotopic (exact) mass is 300 g/mol. The van der Waals surface area contributed by atoms with E-state index in [0.29, 0.717) is 6.42 Å². The van der Waals surface area contributed by atoms with Gasteiger partial charge in [-0.3, -0.25) is 9.59 Å². The quantitative estimate of drug-likeness (QED) is 0.789. The molecule has 0 aliphatic heterocycles. The largest absolute Gasteiger partial charge is 0.469 e. The lowest BCUT2D eigenvalue weighted by molar-refractivity contribution is -0.139. The Labute approximate surface area is 132 Å². The third-order valence-corrected chi connectivity index (χ3v) is 4.70. The molecule has 0 amide bonds. The number of Topliss-reactive ketones (excluding diaryl/α,β-unsaturated/α-hetero) is 1. The van der Waals surface area contributed by atoms with Crippen LogP contribution in [0.15, 0.2) is 35.9 Å². The van der Waals surface area contributed by atoms with Gasteiger partial charge in [-0.25, -0.2) is 0 Å². The van der Waals surface area contributed by atoms with Gasteiger partial charge in [0.1, 0.15) is 5.78 Å². The Bertz CT molecular complexity index is 596. The van der Waals surface area contributed by atoms with Crippen LogP contribution in [0.4, 0.5) is 0 Å². The average molecular weight is 300 g/mol. The molecule has 0 bridgehead atoms. The summed E-state index contributed by atoms with van der Waals surface area (Å²) in [4.78, 5) is 24.2. The molecule has 22 heavy (non-hydrogen) atoms. The molecule has 0 spiro atoms. The standard InChI is InChI=1S/C19H24O3/c1-13(18-16(20)10-11-19(18,2)3)15(12-17(21)22-4)14-8-6-5-7-9-14/h5-9,18H,10-12H2,1-4H3/b15-13+. The van der Waals surface area contributed by atoms with Crippen molar-refractivity contribution in [3.8, 4) is 0 Å². The Kier molecular flexibility index (Phi) is 4.84. The van der Waals surface area contributed by atoms with Crippen molar-refractivity contribution in [1.29, 1.82) is 0 Å². The van der Waals surface area contributed by atoms with Crippen LogP contribution in [-0.2, 0) is 14.3 Å². The van der Waals surface area contributed by atoms with E-state index in [1.165, 1.54) is 7.11 Å². The summed E-state index contributed by atoms with van der Waals surface area (Å²) in [6.45, 7) is 6.25. The molecule has 1 aromatic carbocycles. The second-order valence-electron chi connectivity index (χ2n) is 6.67. The minimum atomic E-state index is -0.276. The molecule has 1 fully saturated rings. The third kappa shape index (κ3) is 3.29. The van der Waals surface area contributed by atoms with Gasteiger partial charge in [0.15, 0.2) is 0 Å². The van der Waals surface area contributed by atoms with Gasteiger partial charge in [0.25, 0.3) is 0 Å². The summed E-state index contributed by atoms with van der Waals surface area (Å²) in [6.07, 6.45) is 1.72. The molecule has 1 atom stereocenters. The van der Waals surface area contributed by atoms with E-state index >= 15 is 0 Å². The van der Waals surface area contributed by atoms with E-state index in [0.717, 1.165) is 23.1 Å². The third-order valence-electron chi connectivity index (χ3n) is 4.70. The van der Waals surface area contributed by atoms with Gasteiger partial charge in [-0.1, -0.05) is 49.8 Å². The van der Waals surface area contributed by atoms with E-state index in [4.69, 9.17) is 4.74 Å². The molecule has 118 valence electrons. The van der Waals surface area contributed by atoms with Crippen LogP contribution in [0.2, 0.25) is 0 Å². The molecule has 3 heteroatoms. The molecule has 0 aromatic heterocycles. The molecular weight excluding hydrogens is 276 g/mol. The van der Waals surface area contributed by atoms with Crippen molar-refractivity contribution >= 4 is 17.3 Å². The number of rotatable bonds is 4. The van der Waals surface area contributed by atoms with Crippen molar-refractivity contribution in [3.05, 3.63) is 41.5 Å². The molecule has 1 unspecified atom stereocenters. The van der Waals surface area contributed by atoms with Crippen molar-refractivity contribution in [2.75, 3.05) is 7.11 Å². The number of esters is 1. The lowest BCUT2D eigenvalue weighted by Crippen LogP contribution is -2.24.